The van der Waals surface area contributed by atoms with E-state index < -0.39 is 10.0 Å². The molecule has 19 heavy (non-hydrogen) atoms. The maximum atomic E-state index is 12.4. The first kappa shape index (κ1) is 14.3. The Bertz CT molecular complexity index is 530. The average molecular weight is 284 g/mol. The SMILES string of the molecule is COc1ccccc1S(=O)(=O)N[C@H]1CCC[C@H]1CN. The summed E-state index contributed by atoms with van der Waals surface area (Å²) in [7, 11) is -2.10. The van der Waals surface area contributed by atoms with Gasteiger partial charge in [0.2, 0.25) is 10.0 Å². The van der Waals surface area contributed by atoms with Crippen LogP contribution in [-0.4, -0.2) is 28.1 Å². The first-order valence-corrected chi connectivity index (χ1v) is 7.92. The number of para-hydroxylation sites is 1. The van der Waals surface area contributed by atoms with Gasteiger partial charge in [-0.25, -0.2) is 13.1 Å². The van der Waals surface area contributed by atoms with Gasteiger partial charge in [-0.2, -0.15) is 0 Å². The van der Waals surface area contributed by atoms with Crippen LogP contribution in [0.15, 0.2) is 29.2 Å². The standard InChI is InChI=1S/C13H20N2O3S/c1-18-12-7-2-3-8-13(12)19(16,17)15-11-6-4-5-10(11)9-14/h2-3,7-8,10-11,15H,4-6,9,14H2,1H3/t10-,11-/m0/s1. The lowest BCUT2D eigenvalue weighted by Gasteiger charge is -2.20. The first-order chi connectivity index (χ1) is 9.08. The Morgan fingerprint density at radius 3 is 2.79 bits per heavy atom. The molecule has 0 spiro atoms. The van der Waals surface area contributed by atoms with Crippen molar-refractivity contribution in [2.75, 3.05) is 13.7 Å². The van der Waals surface area contributed by atoms with Crippen molar-refractivity contribution in [2.24, 2.45) is 11.7 Å². The first-order valence-electron chi connectivity index (χ1n) is 6.44. The summed E-state index contributed by atoms with van der Waals surface area (Å²) in [5.41, 5.74) is 5.68. The molecular weight excluding hydrogens is 264 g/mol. The summed E-state index contributed by atoms with van der Waals surface area (Å²) in [6.45, 7) is 0.513. The van der Waals surface area contributed by atoms with Crippen molar-refractivity contribution in [2.45, 2.75) is 30.2 Å². The van der Waals surface area contributed by atoms with Gasteiger partial charge in [-0.3, -0.25) is 0 Å². The Kier molecular flexibility index (Phi) is 4.44. The minimum atomic E-state index is -3.56. The number of ether oxygens (including phenoxy) is 1. The van der Waals surface area contributed by atoms with E-state index in [0.29, 0.717) is 12.3 Å². The number of hydrogen-bond acceptors (Lipinski definition) is 4. The van der Waals surface area contributed by atoms with Gasteiger partial charge in [0.1, 0.15) is 10.6 Å². The van der Waals surface area contributed by atoms with E-state index in [2.05, 4.69) is 4.72 Å². The molecule has 2 atom stereocenters. The molecule has 0 aliphatic heterocycles. The van der Waals surface area contributed by atoms with Crippen molar-refractivity contribution in [3.8, 4) is 5.75 Å². The minimum absolute atomic E-state index is 0.0695. The van der Waals surface area contributed by atoms with E-state index in [0.717, 1.165) is 19.3 Å². The van der Waals surface area contributed by atoms with E-state index in [-0.39, 0.29) is 16.9 Å². The average Bonchev–Trinajstić information content (AvgIpc) is 2.85. The number of hydrogen-bond donors (Lipinski definition) is 2. The van der Waals surface area contributed by atoms with Gasteiger partial charge in [0.15, 0.2) is 0 Å². The monoisotopic (exact) mass is 284 g/mol. The second-order valence-electron chi connectivity index (χ2n) is 4.81. The fourth-order valence-corrected chi connectivity index (χ4v) is 4.09. The Morgan fingerprint density at radius 1 is 1.37 bits per heavy atom. The van der Waals surface area contributed by atoms with E-state index >= 15 is 0 Å². The maximum absolute atomic E-state index is 12.4. The van der Waals surface area contributed by atoms with Crippen LogP contribution in [0.5, 0.6) is 5.75 Å². The van der Waals surface area contributed by atoms with Crippen molar-refractivity contribution in [1.29, 1.82) is 0 Å². The Balaban J connectivity index is 2.23. The molecule has 0 bridgehead atoms. The fourth-order valence-electron chi connectivity index (χ4n) is 2.58. The van der Waals surface area contributed by atoms with Gasteiger partial charge >= 0.3 is 0 Å². The number of rotatable bonds is 5. The molecule has 3 N–H and O–H groups in total. The molecule has 1 aromatic rings. The molecule has 2 rings (SSSR count). The molecule has 6 heteroatoms. The van der Waals surface area contributed by atoms with E-state index in [1.54, 1.807) is 24.3 Å². The minimum Gasteiger partial charge on any atom is -0.495 e. The maximum Gasteiger partial charge on any atom is 0.244 e. The van der Waals surface area contributed by atoms with Gasteiger partial charge in [0.05, 0.1) is 7.11 Å². The van der Waals surface area contributed by atoms with Crippen molar-refractivity contribution < 1.29 is 13.2 Å². The van der Waals surface area contributed by atoms with Crippen molar-refractivity contribution in [1.82, 2.24) is 4.72 Å². The van der Waals surface area contributed by atoms with Gasteiger partial charge in [-0.15, -0.1) is 0 Å². The molecule has 5 nitrogen and oxygen atoms in total. The largest absolute Gasteiger partial charge is 0.495 e. The predicted molar refractivity (Wildman–Crippen MR) is 73.5 cm³/mol. The molecule has 1 saturated carbocycles. The lowest BCUT2D eigenvalue weighted by atomic mass is 10.1. The lowest BCUT2D eigenvalue weighted by molar-refractivity contribution is 0.400. The fraction of sp³-hybridized carbons (Fsp3) is 0.538. The van der Waals surface area contributed by atoms with E-state index in [9.17, 15) is 8.42 Å². The molecule has 1 aliphatic carbocycles. The highest BCUT2D eigenvalue weighted by atomic mass is 32.2. The zero-order valence-electron chi connectivity index (χ0n) is 11.0. The highest BCUT2D eigenvalue weighted by Crippen LogP contribution is 2.28. The van der Waals surface area contributed by atoms with Crippen LogP contribution in [0.2, 0.25) is 0 Å². The van der Waals surface area contributed by atoms with E-state index in [1.165, 1.54) is 7.11 Å². The van der Waals surface area contributed by atoms with Crippen LogP contribution in [0.25, 0.3) is 0 Å². The van der Waals surface area contributed by atoms with Crippen LogP contribution in [0.4, 0.5) is 0 Å². The normalized spacial score (nSPS) is 23.5. The Morgan fingerprint density at radius 2 is 2.11 bits per heavy atom. The summed E-state index contributed by atoms with van der Waals surface area (Å²) >= 11 is 0. The summed E-state index contributed by atoms with van der Waals surface area (Å²) in [5, 5.41) is 0. The zero-order chi connectivity index (χ0) is 13.9. The summed E-state index contributed by atoms with van der Waals surface area (Å²) in [4.78, 5) is 0.181. The molecular formula is C13H20N2O3S. The van der Waals surface area contributed by atoms with Crippen LogP contribution < -0.4 is 15.2 Å². The molecule has 0 heterocycles. The smallest absolute Gasteiger partial charge is 0.244 e. The third kappa shape index (κ3) is 3.08. The molecule has 0 aromatic heterocycles. The van der Waals surface area contributed by atoms with E-state index in [1.807, 2.05) is 0 Å². The third-order valence-electron chi connectivity index (χ3n) is 3.63. The molecule has 1 aliphatic rings. The Labute approximate surface area is 114 Å². The van der Waals surface area contributed by atoms with Gasteiger partial charge in [0.25, 0.3) is 0 Å². The predicted octanol–water partition coefficient (Wildman–Crippen LogP) is 1.10. The number of methoxy groups -OCH3 is 1. The van der Waals surface area contributed by atoms with Crippen molar-refractivity contribution in [3.63, 3.8) is 0 Å². The number of sulfonamides is 1. The summed E-state index contributed by atoms with van der Waals surface area (Å²) in [6.07, 6.45) is 2.84. The second kappa shape index (κ2) is 5.90. The Hall–Kier alpha value is -1.11. The third-order valence-corrected chi connectivity index (χ3v) is 5.16. The van der Waals surface area contributed by atoms with Crippen molar-refractivity contribution >= 4 is 10.0 Å². The van der Waals surface area contributed by atoms with Crippen LogP contribution in [0.1, 0.15) is 19.3 Å². The van der Waals surface area contributed by atoms with E-state index in [4.69, 9.17) is 10.5 Å². The van der Waals surface area contributed by atoms with Crippen LogP contribution in [0, 0.1) is 5.92 Å². The van der Waals surface area contributed by atoms with Crippen LogP contribution in [0.3, 0.4) is 0 Å². The topological polar surface area (TPSA) is 81.4 Å². The number of nitrogens with two attached hydrogens (primary N) is 1. The molecule has 0 unspecified atom stereocenters. The molecule has 106 valence electrons. The van der Waals surface area contributed by atoms with Gasteiger partial charge in [0, 0.05) is 6.04 Å². The molecule has 0 saturated heterocycles. The molecule has 1 fully saturated rings. The van der Waals surface area contributed by atoms with Crippen molar-refractivity contribution in [3.05, 3.63) is 24.3 Å². The summed E-state index contributed by atoms with van der Waals surface area (Å²) < 4.78 is 32.7. The van der Waals surface area contributed by atoms with Gasteiger partial charge in [-0.05, 0) is 37.4 Å². The number of benzene rings is 1. The zero-order valence-corrected chi connectivity index (χ0v) is 11.8. The lowest BCUT2D eigenvalue weighted by Crippen LogP contribution is -2.39. The summed E-state index contributed by atoms with van der Waals surface area (Å²) in [5.74, 6) is 0.585. The quantitative estimate of drug-likeness (QED) is 0.848. The van der Waals surface area contributed by atoms with Gasteiger partial charge in [-0.1, -0.05) is 18.6 Å². The van der Waals surface area contributed by atoms with Gasteiger partial charge < -0.3 is 10.5 Å². The molecule has 1 aromatic carbocycles. The second-order valence-corrected chi connectivity index (χ2v) is 6.49. The van der Waals surface area contributed by atoms with Crippen LogP contribution >= 0.6 is 0 Å². The summed E-state index contributed by atoms with van der Waals surface area (Å²) in [6, 6.07) is 6.55. The molecule has 0 radical (unpaired) electrons. The number of nitrogens with one attached hydrogen (secondary N) is 1. The molecule has 0 amide bonds. The highest BCUT2D eigenvalue weighted by molar-refractivity contribution is 7.89. The highest BCUT2D eigenvalue weighted by Gasteiger charge is 2.31. The van der Waals surface area contributed by atoms with Crippen LogP contribution in [-0.2, 0) is 10.0 Å².